The van der Waals surface area contributed by atoms with E-state index >= 15 is 0 Å². The van der Waals surface area contributed by atoms with Crippen molar-refractivity contribution in [2.24, 2.45) is 0 Å². The van der Waals surface area contributed by atoms with Gasteiger partial charge in [-0.3, -0.25) is 4.79 Å². The van der Waals surface area contributed by atoms with Gasteiger partial charge in [-0.1, -0.05) is 47.5 Å². The van der Waals surface area contributed by atoms with E-state index < -0.39 is 17.5 Å². The average molecular weight is 384 g/mol. The van der Waals surface area contributed by atoms with Gasteiger partial charge >= 0.3 is 17.5 Å². The predicted molar refractivity (Wildman–Crippen MR) is 103 cm³/mol. The van der Waals surface area contributed by atoms with E-state index in [1.54, 1.807) is 0 Å². The first-order valence-electron chi connectivity index (χ1n) is 8.31. The van der Waals surface area contributed by atoms with Crippen LogP contribution in [0.2, 0.25) is 0 Å². The summed E-state index contributed by atoms with van der Waals surface area (Å²) in [5, 5.41) is 13.5. The van der Waals surface area contributed by atoms with Gasteiger partial charge in [-0.25, -0.2) is 4.68 Å². The van der Waals surface area contributed by atoms with Gasteiger partial charge in [0.25, 0.3) is 0 Å². The molecular weight excluding hydrogens is 364 g/mol. The summed E-state index contributed by atoms with van der Waals surface area (Å²) in [6, 6.07) is 18.4. The second-order valence-electron chi connectivity index (χ2n) is 6.10. The van der Waals surface area contributed by atoms with Crippen LogP contribution in [0, 0.1) is 13.8 Å². The lowest BCUT2D eigenvalue weighted by Crippen LogP contribution is -2.01. The number of carboxylic acids is 1. The van der Waals surface area contributed by atoms with Crippen LogP contribution in [0.4, 0.5) is 0 Å². The van der Waals surface area contributed by atoms with Gasteiger partial charge in [0.1, 0.15) is 0 Å². The third kappa shape index (κ3) is 5.72. The van der Waals surface area contributed by atoms with Crippen molar-refractivity contribution < 1.29 is 18.3 Å². The van der Waals surface area contributed by atoms with E-state index in [0.29, 0.717) is 6.42 Å². The molecule has 0 aliphatic rings. The number of nitrogens with zero attached hydrogens (tertiary/aromatic N) is 2. The minimum absolute atomic E-state index is 0.0816. The van der Waals surface area contributed by atoms with Gasteiger partial charge in [0, 0.05) is 12.0 Å². The number of aliphatic carboxylic acids is 1. The summed E-state index contributed by atoms with van der Waals surface area (Å²) in [7, 11) is 0. The molecule has 0 bridgehead atoms. The summed E-state index contributed by atoms with van der Waals surface area (Å²) in [5.41, 5.74) is 6.18. The van der Waals surface area contributed by atoms with Crippen LogP contribution in [0.3, 0.4) is 0 Å². The number of aromatic nitrogens is 2. The lowest BCUT2D eigenvalue weighted by Gasteiger charge is -2.08. The van der Waals surface area contributed by atoms with Gasteiger partial charge in [0.05, 0.1) is 23.5 Å². The molecule has 2 aromatic carbocycles. The fraction of sp³-hybridized carbons (Fsp3) is 0.200. The smallest absolute Gasteiger partial charge is 0.335 e. The van der Waals surface area contributed by atoms with Crippen molar-refractivity contribution in [1.29, 1.82) is 0 Å². The van der Waals surface area contributed by atoms with Gasteiger partial charge in [-0.15, -0.1) is 0 Å². The monoisotopic (exact) mass is 384 g/mol. The highest BCUT2D eigenvalue weighted by molar-refractivity contribution is 7.51. The van der Waals surface area contributed by atoms with Gasteiger partial charge in [-0.2, -0.15) is 13.5 Å². The Hall–Kier alpha value is -3.06. The van der Waals surface area contributed by atoms with Crippen molar-refractivity contribution >= 4 is 17.5 Å². The lowest BCUT2D eigenvalue weighted by molar-refractivity contribution is -0.136. The molecule has 0 atom stereocenters. The summed E-state index contributed by atoms with van der Waals surface area (Å²) in [6.45, 7) is 4.10. The lowest BCUT2D eigenvalue weighted by atomic mass is 10.1. The maximum absolute atomic E-state index is 10.8. The zero-order valence-electron chi connectivity index (χ0n) is 15.1. The average Bonchev–Trinajstić information content (AvgIpc) is 3.06. The van der Waals surface area contributed by atoms with E-state index in [2.05, 4.69) is 36.3 Å². The van der Waals surface area contributed by atoms with Crippen LogP contribution in [0.1, 0.15) is 23.2 Å². The third-order valence-electron chi connectivity index (χ3n) is 3.98. The zero-order chi connectivity index (χ0) is 19.8. The first-order valence-corrected chi connectivity index (χ1v) is 8.98. The number of aryl methyl sites for hydroxylation is 3. The van der Waals surface area contributed by atoms with Crippen LogP contribution in [0.15, 0.2) is 54.6 Å². The van der Waals surface area contributed by atoms with Gasteiger partial charge in [0.15, 0.2) is 0 Å². The summed E-state index contributed by atoms with van der Waals surface area (Å²) < 4.78 is 18.5. The molecule has 0 saturated carbocycles. The molecule has 27 heavy (non-hydrogen) atoms. The first kappa shape index (κ1) is 20.3. The van der Waals surface area contributed by atoms with E-state index in [1.807, 2.05) is 41.9 Å². The molecule has 0 saturated heterocycles. The highest BCUT2D eigenvalue weighted by atomic mass is 32.1. The maximum Gasteiger partial charge on any atom is 0.335 e. The van der Waals surface area contributed by atoms with E-state index in [9.17, 15) is 4.79 Å². The van der Waals surface area contributed by atoms with Crippen molar-refractivity contribution in [3.63, 3.8) is 0 Å². The molecule has 0 spiro atoms. The second kappa shape index (κ2) is 9.59. The molecule has 1 heterocycles. The Morgan fingerprint density at radius 1 is 1.00 bits per heavy atom. The molecule has 0 radical (unpaired) electrons. The predicted octanol–water partition coefficient (Wildman–Crippen LogP) is 3.50. The van der Waals surface area contributed by atoms with Gasteiger partial charge in [-0.05, 0) is 32.0 Å². The third-order valence-corrected chi connectivity index (χ3v) is 3.98. The van der Waals surface area contributed by atoms with Crippen molar-refractivity contribution in [1.82, 2.24) is 9.78 Å². The molecule has 3 rings (SSSR count). The van der Waals surface area contributed by atoms with E-state index in [-0.39, 0.29) is 6.42 Å². The molecule has 0 aliphatic heterocycles. The molecule has 7 heteroatoms. The summed E-state index contributed by atoms with van der Waals surface area (Å²) in [6.07, 6.45) is 0.505. The van der Waals surface area contributed by atoms with Crippen molar-refractivity contribution in [2.45, 2.75) is 26.7 Å². The minimum Gasteiger partial charge on any atom is -0.481 e. The van der Waals surface area contributed by atoms with Crippen LogP contribution >= 0.6 is 0 Å². The van der Waals surface area contributed by atoms with Crippen molar-refractivity contribution in [2.75, 3.05) is 0 Å². The quantitative estimate of drug-likeness (QED) is 0.727. The van der Waals surface area contributed by atoms with Crippen LogP contribution in [-0.4, -0.2) is 29.3 Å². The molecule has 0 aliphatic carbocycles. The molecule has 6 nitrogen and oxygen atoms in total. The molecule has 1 N–H and O–H groups in total. The van der Waals surface area contributed by atoms with Gasteiger partial charge < -0.3 is 5.11 Å². The highest BCUT2D eigenvalue weighted by Crippen LogP contribution is 2.25. The number of carboxylic acid groups (broad SMARTS) is 1. The Bertz CT molecular complexity index is 878. The molecule has 0 fully saturated rings. The molecule has 1 aromatic heterocycles. The van der Waals surface area contributed by atoms with Crippen LogP contribution in [-0.2, 0) is 22.8 Å². The van der Waals surface area contributed by atoms with E-state index in [0.717, 1.165) is 22.6 Å². The molecule has 0 amide bonds. The van der Waals surface area contributed by atoms with Crippen molar-refractivity contribution in [3.05, 3.63) is 71.4 Å². The number of benzene rings is 2. The fourth-order valence-corrected chi connectivity index (χ4v) is 2.60. The van der Waals surface area contributed by atoms with E-state index in [1.165, 1.54) is 11.1 Å². The van der Waals surface area contributed by atoms with Crippen LogP contribution in [0.5, 0.6) is 0 Å². The molecule has 0 unspecified atom stereocenters. The molecule has 140 valence electrons. The fourth-order valence-electron chi connectivity index (χ4n) is 2.60. The topological polar surface area (TPSA) is 89.3 Å². The number of rotatable bonds is 5. The van der Waals surface area contributed by atoms with Crippen LogP contribution in [0.25, 0.3) is 16.9 Å². The second-order valence-corrected chi connectivity index (χ2v) is 6.23. The Morgan fingerprint density at radius 2 is 1.52 bits per heavy atom. The highest BCUT2D eigenvalue weighted by Gasteiger charge is 2.12. The Balaban J connectivity index is 0.000000817. The van der Waals surface area contributed by atoms with E-state index in [4.69, 9.17) is 13.5 Å². The summed E-state index contributed by atoms with van der Waals surface area (Å²) >= 11 is -0.750. The maximum atomic E-state index is 10.8. The van der Waals surface area contributed by atoms with Crippen molar-refractivity contribution in [3.8, 4) is 16.9 Å². The normalized spacial score (nSPS) is 10.0. The standard InChI is InChI=1S/C20H20N2O2.O2S/c1-14-3-7-16(8-4-14)19-13-17(9-12-20(23)24)21-22(19)18-10-5-15(2)6-11-18;1-3-2/h3-8,10-11,13H,9,12H2,1-2H3,(H,23,24);. The number of hydrogen-bond donors (Lipinski definition) is 1. The summed E-state index contributed by atoms with van der Waals surface area (Å²) in [4.78, 5) is 10.8. The first-order chi connectivity index (χ1) is 12.9. The Kier molecular flexibility index (Phi) is 7.19. The largest absolute Gasteiger partial charge is 0.481 e. The Morgan fingerprint density at radius 3 is 2.04 bits per heavy atom. The van der Waals surface area contributed by atoms with Gasteiger partial charge in [0.2, 0.25) is 0 Å². The minimum atomic E-state index is -0.809. The SMILES string of the molecule is Cc1ccc(-c2cc(CCC(=O)O)nn2-c2ccc(C)cc2)cc1.O=S=O. The summed E-state index contributed by atoms with van der Waals surface area (Å²) in [5.74, 6) is -0.809. The number of hydrogen-bond acceptors (Lipinski definition) is 4. The zero-order valence-corrected chi connectivity index (χ0v) is 15.9. The Labute approximate surface area is 161 Å². The number of carbonyl (C=O) groups is 1. The molecular formula is C20H20N2O4S. The molecule has 3 aromatic rings. The van der Waals surface area contributed by atoms with Crippen LogP contribution < -0.4 is 0 Å².